The SMILES string of the molecule is C=CCCOC(=O)[C@H]1[C@H]2C(=O)N([C@H](C)CO)C(C(=O)N(CC=C)C(C)CCC)C23CC[C@]1(C)S3. The topological polar surface area (TPSA) is 87.1 Å². The molecule has 0 aliphatic carbocycles. The van der Waals surface area contributed by atoms with Crippen molar-refractivity contribution < 1.29 is 24.2 Å². The van der Waals surface area contributed by atoms with Crippen LogP contribution in [-0.4, -0.2) is 80.1 Å². The molecule has 2 bridgehead atoms. The second-order valence-electron chi connectivity index (χ2n) is 10.2. The molecule has 3 heterocycles. The molecule has 190 valence electrons. The molecular formula is C26H40N2O5S. The Balaban J connectivity index is 2.05. The Morgan fingerprint density at radius 3 is 2.62 bits per heavy atom. The van der Waals surface area contributed by atoms with Crippen molar-refractivity contribution in [2.24, 2.45) is 11.8 Å². The summed E-state index contributed by atoms with van der Waals surface area (Å²) in [6, 6.07) is -1.27. The van der Waals surface area contributed by atoms with Crippen molar-refractivity contribution in [3.8, 4) is 0 Å². The van der Waals surface area contributed by atoms with Gasteiger partial charge in [-0.3, -0.25) is 14.4 Å². The summed E-state index contributed by atoms with van der Waals surface area (Å²) in [6.07, 6.45) is 7.15. The van der Waals surface area contributed by atoms with Crippen molar-refractivity contribution >= 4 is 29.5 Å². The van der Waals surface area contributed by atoms with Gasteiger partial charge in [0.1, 0.15) is 6.04 Å². The number of amides is 2. The number of aliphatic hydroxyl groups is 1. The van der Waals surface area contributed by atoms with E-state index in [-0.39, 0.29) is 37.0 Å². The lowest BCUT2D eigenvalue weighted by Crippen LogP contribution is -2.58. The number of rotatable bonds is 12. The lowest BCUT2D eigenvalue weighted by atomic mass is 9.66. The molecule has 3 rings (SSSR count). The van der Waals surface area contributed by atoms with E-state index in [1.54, 1.807) is 35.7 Å². The van der Waals surface area contributed by atoms with Crippen LogP contribution >= 0.6 is 11.8 Å². The molecule has 1 N–H and O–H groups in total. The molecule has 0 saturated carbocycles. The van der Waals surface area contributed by atoms with Crippen LogP contribution in [0.4, 0.5) is 0 Å². The van der Waals surface area contributed by atoms with Crippen LogP contribution in [0, 0.1) is 11.8 Å². The van der Waals surface area contributed by atoms with Crippen LogP contribution in [0.5, 0.6) is 0 Å². The van der Waals surface area contributed by atoms with Crippen molar-refractivity contribution in [2.45, 2.75) is 87.4 Å². The van der Waals surface area contributed by atoms with Crippen LogP contribution in [0.25, 0.3) is 0 Å². The van der Waals surface area contributed by atoms with Gasteiger partial charge in [0.25, 0.3) is 0 Å². The quantitative estimate of drug-likeness (QED) is 0.256. The summed E-state index contributed by atoms with van der Waals surface area (Å²) in [5.41, 5.74) is 0. The first-order valence-electron chi connectivity index (χ1n) is 12.5. The number of fused-ring (bicyclic) bond motifs is 1. The Morgan fingerprint density at radius 1 is 1.32 bits per heavy atom. The summed E-state index contributed by atoms with van der Waals surface area (Å²) in [5, 5.41) is 10.0. The molecule has 3 fully saturated rings. The van der Waals surface area contributed by atoms with E-state index in [9.17, 15) is 19.5 Å². The first-order chi connectivity index (χ1) is 16.1. The van der Waals surface area contributed by atoms with E-state index in [1.807, 2.05) is 18.7 Å². The molecule has 0 aromatic carbocycles. The van der Waals surface area contributed by atoms with E-state index in [0.29, 0.717) is 19.4 Å². The first kappa shape index (κ1) is 26.8. The van der Waals surface area contributed by atoms with Gasteiger partial charge in [-0.25, -0.2) is 0 Å². The van der Waals surface area contributed by atoms with E-state index in [0.717, 1.165) is 19.3 Å². The zero-order valence-corrected chi connectivity index (χ0v) is 21.8. The monoisotopic (exact) mass is 492 g/mol. The predicted octanol–water partition coefficient (Wildman–Crippen LogP) is 3.17. The number of esters is 1. The fraction of sp³-hybridized carbons (Fsp3) is 0.731. The molecule has 3 saturated heterocycles. The van der Waals surface area contributed by atoms with Gasteiger partial charge in [-0.1, -0.05) is 25.5 Å². The van der Waals surface area contributed by atoms with E-state index < -0.39 is 33.4 Å². The van der Waals surface area contributed by atoms with Crippen molar-refractivity contribution in [1.82, 2.24) is 9.80 Å². The Kier molecular flexibility index (Phi) is 8.23. The summed E-state index contributed by atoms with van der Waals surface area (Å²) in [5.74, 6) is -1.96. The third kappa shape index (κ3) is 4.21. The molecule has 1 spiro atoms. The molecule has 3 aliphatic heterocycles. The van der Waals surface area contributed by atoms with Gasteiger partial charge in [-0.15, -0.1) is 24.9 Å². The fourth-order valence-corrected chi connectivity index (χ4v) is 8.58. The maximum Gasteiger partial charge on any atom is 0.311 e. The number of nitrogens with zero attached hydrogens (tertiary/aromatic N) is 2. The zero-order valence-electron chi connectivity index (χ0n) is 21.0. The van der Waals surface area contributed by atoms with Gasteiger partial charge >= 0.3 is 5.97 Å². The standard InChI is InChI=1S/C26H40N2O5S/c1-7-10-15-33-24(32)20-19-22(30)28(18(5)16-29)21(26(19)13-12-25(20,6)34-26)23(31)27(14-9-3)17(4)11-8-2/h7,9,17-21,29H,1,3,8,10-16H2,2,4-6H3/t17?,18-,19+,20-,21?,25+,26?/m1/s1. The van der Waals surface area contributed by atoms with Crippen LogP contribution in [0.15, 0.2) is 25.3 Å². The summed E-state index contributed by atoms with van der Waals surface area (Å²) in [7, 11) is 0. The first-order valence-corrected chi connectivity index (χ1v) is 13.3. The number of aliphatic hydroxyl groups excluding tert-OH is 1. The fourth-order valence-electron chi connectivity index (χ4n) is 6.25. The molecule has 7 nitrogen and oxygen atoms in total. The van der Waals surface area contributed by atoms with Gasteiger partial charge in [0.05, 0.1) is 35.8 Å². The lowest BCUT2D eigenvalue weighted by Gasteiger charge is -2.40. The molecule has 34 heavy (non-hydrogen) atoms. The largest absolute Gasteiger partial charge is 0.465 e. The van der Waals surface area contributed by atoms with Gasteiger partial charge in [0.15, 0.2) is 0 Å². The number of likely N-dealkylation sites (tertiary alicyclic amines) is 1. The second kappa shape index (κ2) is 10.4. The normalized spacial score (nSPS) is 33.4. The van der Waals surface area contributed by atoms with Crippen molar-refractivity contribution in [1.29, 1.82) is 0 Å². The highest BCUT2D eigenvalue weighted by Crippen LogP contribution is 2.71. The van der Waals surface area contributed by atoms with Gasteiger partial charge in [0, 0.05) is 17.3 Å². The summed E-state index contributed by atoms with van der Waals surface area (Å²) >= 11 is 1.62. The molecule has 3 unspecified atom stereocenters. The van der Waals surface area contributed by atoms with E-state index in [2.05, 4.69) is 20.1 Å². The van der Waals surface area contributed by atoms with E-state index >= 15 is 0 Å². The zero-order chi connectivity index (χ0) is 25.3. The van der Waals surface area contributed by atoms with Crippen LogP contribution in [-0.2, 0) is 19.1 Å². The summed E-state index contributed by atoms with van der Waals surface area (Å²) < 4.78 is 4.39. The molecule has 3 aliphatic rings. The molecule has 2 amide bonds. The average Bonchev–Trinajstić information content (AvgIpc) is 3.37. The van der Waals surface area contributed by atoms with Gasteiger partial charge < -0.3 is 19.6 Å². The van der Waals surface area contributed by atoms with Crippen molar-refractivity contribution in [2.75, 3.05) is 19.8 Å². The maximum atomic E-state index is 14.2. The Bertz CT molecular complexity index is 834. The molecular weight excluding hydrogens is 452 g/mol. The average molecular weight is 493 g/mol. The summed E-state index contributed by atoms with van der Waals surface area (Å²) in [6.45, 7) is 15.8. The molecule has 0 radical (unpaired) electrons. The van der Waals surface area contributed by atoms with Crippen molar-refractivity contribution in [3.63, 3.8) is 0 Å². The highest BCUT2D eigenvalue weighted by molar-refractivity contribution is 8.02. The van der Waals surface area contributed by atoms with Crippen LogP contribution in [0.2, 0.25) is 0 Å². The number of hydrogen-bond donors (Lipinski definition) is 1. The Hall–Kier alpha value is -1.80. The van der Waals surface area contributed by atoms with Crippen molar-refractivity contribution in [3.05, 3.63) is 25.3 Å². The van der Waals surface area contributed by atoms with Gasteiger partial charge in [0.2, 0.25) is 11.8 Å². The highest BCUT2D eigenvalue weighted by Gasteiger charge is 2.78. The van der Waals surface area contributed by atoms with Gasteiger partial charge in [-0.2, -0.15) is 0 Å². The van der Waals surface area contributed by atoms with E-state index in [4.69, 9.17) is 4.74 Å². The Morgan fingerprint density at radius 2 is 2.03 bits per heavy atom. The molecule has 7 atom stereocenters. The number of carbonyl (C=O) groups is 3. The molecule has 8 heteroatoms. The lowest BCUT2D eigenvalue weighted by molar-refractivity contribution is -0.156. The Labute approximate surface area is 208 Å². The van der Waals surface area contributed by atoms with Crippen LogP contribution < -0.4 is 0 Å². The number of carbonyl (C=O) groups excluding carboxylic acids is 3. The third-order valence-electron chi connectivity index (χ3n) is 7.86. The highest BCUT2D eigenvalue weighted by atomic mass is 32.2. The van der Waals surface area contributed by atoms with E-state index in [1.165, 1.54) is 0 Å². The molecule has 0 aromatic heterocycles. The minimum absolute atomic E-state index is 0.00816. The van der Waals surface area contributed by atoms with Crippen LogP contribution in [0.3, 0.4) is 0 Å². The maximum absolute atomic E-state index is 14.2. The number of ether oxygens (including phenoxy) is 1. The smallest absolute Gasteiger partial charge is 0.311 e. The van der Waals surface area contributed by atoms with Gasteiger partial charge in [-0.05, 0) is 46.5 Å². The predicted molar refractivity (Wildman–Crippen MR) is 134 cm³/mol. The summed E-state index contributed by atoms with van der Waals surface area (Å²) in [4.78, 5) is 44.8. The minimum atomic E-state index is -0.732. The van der Waals surface area contributed by atoms with Crippen LogP contribution in [0.1, 0.15) is 59.8 Å². The molecule has 0 aromatic rings. The number of thioether (sulfide) groups is 1. The minimum Gasteiger partial charge on any atom is -0.465 e. The third-order valence-corrected chi connectivity index (χ3v) is 9.84. The number of hydrogen-bond acceptors (Lipinski definition) is 6. The second-order valence-corrected chi connectivity index (χ2v) is 12.1.